The number of carbonyl (C=O) groups excluding carboxylic acids is 2. The van der Waals surface area contributed by atoms with Gasteiger partial charge in [0.15, 0.2) is 0 Å². The summed E-state index contributed by atoms with van der Waals surface area (Å²) in [5.74, 6) is 1.10. The largest absolute Gasteiger partial charge is 0.497 e. The first-order valence-corrected chi connectivity index (χ1v) is 7.54. The van der Waals surface area contributed by atoms with Crippen molar-refractivity contribution < 1.29 is 14.3 Å². The van der Waals surface area contributed by atoms with E-state index < -0.39 is 6.03 Å². The minimum atomic E-state index is -0.786. The van der Waals surface area contributed by atoms with Crippen molar-refractivity contribution in [3.8, 4) is 5.75 Å². The molecule has 0 radical (unpaired) electrons. The molecule has 1 aromatic carbocycles. The lowest BCUT2D eigenvalue weighted by atomic mass is 9.98. The van der Waals surface area contributed by atoms with Crippen molar-refractivity contribution in [3.05, 3.63) is 29.8 Å². The van der Waals surface area contributed by atoms with Gasteiger partial charge in [-0.25, -0.2) is 4.79 Å². The number of benzene rings is 1. The number of primary amides is 1. The molecule has 1 saturated heterocycles. The molecule has 0 spiro atoms. The Kier molecular flexibility index (Phi) is 5.77. The van der Waals surface area contributed by atoms with E-state index in [2.05, 4.69) is 22.3 Å². The molecule has 3 amide bonds. The van der Waals surface area contributed by atoms with Crippen LogP contribution >= 0.6 is 0 Å². The second kappa shape index (κ2) is 7.79. The van der Waals surface area contributed by atoms with E-state index in [-0.39, 0.29) is 5.91 Å². The van der Waals surface area contributed by atoms with Crippen molar-refractivity contribution in [1.29, 1.82) is 0 Å². The molecule has 1 fully saturated rings. The number of hydrogen-bond acceptors (Lipinski definition) is 4. The Morgan fingerprint density at radius 1 is 1.36 bits per heavy atom. The summed E-state index contributed by atoms with van der Waals surface area (Å²) < 4.78 is 5.17. The molecule has 3 N–H and O–H groups in total. The summed E-state index contributed by atoms with van der Waals surface area (Å²) in [4.78, 5) is 24.2. The zero-order valence-corrected chi connectivity index (χ0v) is 12.9. The molecule has 6 nitrogen and oxygen atoms in total. The van der Waals surface area contributed by atoms with E-state index in [4.69, 9.17) is 10.5 Å². The summed E-state index contributed by atoms with van der Waals surface area (Å²) in [5.41, 5.74) is 6.23. The van der Waals surface area contributed by atoms with Crippen LogP contribution in [0.25, 0.3) is 0 Å². The molecule has 0 bridgehead atoms. The number of likely N-dealkylation sites (tertiary alicyclic amines) is 1. The smallest absolute Gasteiger partial charge is 0.318 e. The third-order valence-electron chi connectivity index (χ3n) is 4.00. The van der Waals surface area contributed by atoms with E-state index in [9.17, 15) is 9.59 Å². The van der Waals surface area contributed by atoms with Crippen LogP contribution in [0.5, 0.6) is 5.75 Å². The minimum Gasteiger partial charge on any atom is -0.497 e. The van der Waals surface area contributed by atoms with Crippen molar-refractivity contribution in [2.24, 2.45) is 5.73 Å². The monoisotopic (exact) mass is 305 g/mol. The van der Waals surface area contributed by atoms with Crippen LogP contribution in [-0.2, 0) is 4.79 Å². The van der Waals surface area contributed by atoms with Crippen LogP contribution in [0.4, 0.5) is 4.79 Å². The van der Waals surface area contributed by atoms with Crippen LogP contribution in [0, 0.1) is 0 Å². The Balaban J connectivity index is 1.73. The highest BCUT2D eigenvalue weighted by molar-refractivity contribution is 5.93. The molecule has 0 saturated carbocycles. The first-order valence-electron chi connectivity index (χ1n) is 7.54. The van der Waals surface area contributed by atoms with Crippen molar-refractivity contribution in [2.75, 3.05) is 26.7 Å². The molecule has 1 heterocycles. The molecule has 1 aromatic rings. The van der Waals surface area contributed by atoms with Crippen LogP contribution in [-0.4, -0.2) is 43.6 Å². The number of hydrogen-bond donors (Lipinski definition) is 2. The molecule has 1 aliphatic rings. The summed E-state index contributed by atoms with van der Waals surface area (Å²) in [6.07, 6.45) is 2.18. The zero-order chi connectivity index (χ0) is 15.9. The van der Waals surface area contributed by atoms with Gasteiger partial charge in [0.25, 0.3) is 0 Å². The Morgan fingerprint density at radius 3 is 2.73 bits per heavy atom. The second-order valence-electron chi connectivity index (χ2n) is 5.58. The van der Waals surface area contributed by atoms with Crippen LogP contribution in [0.3, 0.4) is 0 Å². The highest BCUT2D eigenvalue weighted by atomic mass is 16.5. The predicted octanol–water partition coefficient (Wildman–Crippen LogP) is 1.46. The number of nitrogens with one attached hydrogen (secondary N) is 1. The Labute approximate surface area is 130 Å². The van der Waals surface area contributed by atoms with Gasteiger partial charge in [0, 0.05) is 13.0 Å². The average Bonchev–Trinajstić information content (AvgIpc) is 2.95. The summed E-state index contributed by atoms with van der Waals surface area (Å²) >= 11 is 0. The normalized spacial score (nSPS) is 18.1. The SMILES string of the molecule is COc1ccc([C@@H]2CCN(CCCC(=O)NC(N)=O)C2)cc1. The molecule has 22 heavy (non-hydrogen) atoms. The molecule has 120 valence electrons. The minimum absolute atomic E-state index is 0.307. The topological polar surface area (TPSA) is 84.7 Å². The fourth-order valence-corrected chi connectivity index (χ4v) is 2.85. The molecule has 1 atom stereocenters. The number of ether oxygens (including phenoxy) is 1. The quantitative estimate of drug-likeness (QED) is 0.833. The lowest BCUT2D eigenvalue weighted by Crippen LogP contribution is -2.35. The van der Waals surface area contributed by atoms with Gasteiger partial charge in [0.05, 0.1) is 7.11 Å². The first kappa shape index (κ1) is 16.3. The van der Waals surface area contributed by atoms with E-state index in [1.807, 2.05) is 12.1 Å². The van der Waals surface area contributed by atoms with E-state index in [1.54, 1.807) is 7.11 Å². The van der Waals surface area contributed by atoms with Crippen LogP contribution < -0.4 is 15.8 Å². The van der Waals surface area contributed by atoms with E-state index in [0.717, 1.165) is 38.2 Å². The molecule has 2 rings (SSSR count). The molecule has 0 aromatic heterocycles. The van der Waals surface area contributed by atoms with Crippen molar-refractivity contribution in [1.82, 2.24) is 10.2 Å². The predicted molar refractivity (Wildman–Crippen MR) is 83.8 cm³/mol. The number of imide groups is 1. The van der Waals surface area contributed by atoms with Crippen molar-refractivity contribution >= 4 is 11.9 Å². The molecule has 0 aliphatic carbocycles. The highest BCUT2D eigenvalue weighted by Gasteiger charge is 2.23. The molecule has 0 unspecified atom stereocenters. The molecular formula is C16H23N3O3. The summed E-state index contributed by atoms with van der Waals surface area (Å²) in [5, 5.41) is 2.08. The van der Waals surface area contributed by atoms with Crippen molar-refractivity contribution in [3.63, 3.8) is 0 Å². The van der Waals surface area contributed by atoms with E-state index in [0.29, 0.717) is 12.3 Å². The van der Waals surface area contributed by atoms with Gasteiger partial charge in [0.1, 0.15) is 5.75 Å². The maximum absolute atomic E-state index is 11.3. The summed E-state index contributed by atoms with van der Waals surface area (Å²) in [6, 6.07) is 7.43. The number of methoxy groups -OCH3 is 1. The second-order valence-corrected chi connectivity index (χ2v) is 5.58. The van der Waals surface area contributed by atoms with Gasteiger partial charge in [-0.3, -0.25) is 10.1 Å². The van der Waals surface area contributed by atoms with E-state index in [1.165, 1.54) is 5.56 Å². The van der Waals surface area contributed by atoms with Gasteiger partial charge in [-0.15, -0.1) is 0 Å². The van der Waals surface area contributed by atoms with Crippen LogP contribution in [0.15, 0.2) is 24.3 Å². The van der Waals surface area contributed by atoms with Gasteiger partial charge in [0.2, 0.25) is 5.91 Å². The number of carbonyl (C=O) groups is 2. The van der Waals surface area contributed by atoms with Gasteiger partial charge in [-0.2, -0.15) is 0 Å². The van der Waals surface area contributed by atoms with E-state index >= 15 is 0 Å². The summed E-state index contributed by atoms with van der Waals surface area (Å²) in [6.45, 7) is 2.90. The lowest BCUT2D eigenvalue weighted by Gasteiger charge is -2.16. The fourth-order valence-electron chi connectivity index (χ4n) is 2.85. The van der Waals surface area contributed by atoms with Crippen LogP contribution in [0.2, 0.25) is 0 Å². The Bertz CT molecular complexity index is 516. The van der Waals surface area contributed by atoms with Crippen molar-refractivity contribution in [2.45, 2.75) is 25.2 Å². The average molecular weight is 305 g/mol. The number of nitrogens with zero attached hydrogens (tertiary/aromatic N) is 1. The zero-order valence-electron chi connectivity index (χ0n) is 12.9. The fraction of sp³-hybridized carbons (Fsp3) is 0.500. The number of nitrogens with two attached hydrogens (primary N) is 1. The highest BCUT2D eigenvalue weighted by Crippen LogP contribution is 2.28. The van der Waals surface area contributed by atoms with Gasteiger partial charge in [-0.1, -0.05) is 12.1 Å². The Hall–Kier alpha value is -2.08. The third kappa shape index (κ3) is 4.73. The molecule has 1 aliphatic heterocycles. The van der Waals surface area contributed by atoms with Crippen LogP contribution in [0.1, 0.15) is 30.7 Å². The third-order valence-corrected chi connectivity index (χ3v) is 4.00. The van der Waals surface area contributed by atoms with Gasteiger partial charge < -0.3 is 15.4 Å². The number of urea groups is 1. The maximum Gasteiger partial charge on any atom is 0.318 e. The Morgan fingerprint density at radius 2 is 2.09 bits per heavy atom. The van der Waals surface area contributed by atoms with Gasteiger partial charge >= 0.3 is 6.03 Å². The maximum atomic E-state index is 11.3. The number of amides is 3. The molecular weight excluding hydrogens is 282 g/mol. The number of rotatable bonds is 6. The van der Waals surface area contributed by atoms with Gasteiger partial charge in [-0.05, 0) is 49.5 Å². The molecule has 6 heteroatoms. The standard InChI is InChI=1S/C16H23N3O3/c1-22-14-6-4-12(5-7-14)13-8-10-19(11-13)9-2-3-15(20)18-16(17)21/h4-7,13H,2-3,8-11H2,1H3,(H3,17,18,20,21)/t13-/m1/s1. The first-order chi connectivity index (χ1) is 10.6. The lowest BCUT2D eigenvalue weighted by molar-refractivity contribution is -0.120. The summed E-state index contributed by atoms with van der Waals surface area (Å²) in [7, 11) is 1.67.